The fourth-order valence-corrected chi connectivity index (χ4v) is 4.29. The van der Waals surface area contributed by atoms with Crippen molar-refractivity contribution in [2.45, 2.75) is 17.7 Å². The molecule has 0 radical (unpaired) electrons. The van der Waals surface area contributed by atoms with E-state index in [0.29, 0.717) is 11.3 Å². The van der Waals surface area contributed by atoms with E-state index in [0.717, 1.165) is 22.5 Å². The first-order valence-corrected chi connectivity index (χ1v) is 9.50. The molecule has 2 aromatic heterocycles. The fourth-order valence-electron chi connectivity index (χ4n) is 2.05. The van der Waals surface area contributed by atoms with Gasteiger partial charge in [0, 0.05) is 23.6 Å². The number of thiophene rings is 1. The van der Waals surface area contributed by atoms with E-state index in [1.807, 2.05) is 31.2 Å². The highest BCUT2D eigenvalue weighted by molar-refractivity contribution is 7.91. The van der Waals surface area contributed by atoms with Crippen molar-refractivity contribution >= 4 is 21.4 Å². The van der Waals surface area contributed by atoms with Crippen LogP contribution in [0.25, 0.3) is 11.3 Å². The van der Waals surface area contributed by atoms with Crippen LogP contribution in [0.2, 0.25) is 0 Å². The first-order valence-electron chi connectivity index (χ1n) is 7.14. The molecule has 0 spiro atoms. The molecule has 3 aromatic rings. The number of hydrogen-bond donors (Lipinski definition) is 2. The Balaban J connectivity index is 1.76. The van der Waals surface area contributed by atoms with Crippen molar-refractivity contribution in [1.29, 1.82) is 0 Å². The van der Waals surface area contributed by atoms with Crippen molar-refractivity contribution in [3.8, 4) is 11.3 Å². The number of aryl methyl sites for hydroxylation is 1. The zero-order valence-corrected chi connectivity index (χ0v) is 14.4. The summed E-state index contributed by atoms with van der Waals surface area (Å²) < 4.78 is 27.6. The van der Waals surface area contributed by atoms with Gasteiger partial charge in [0.2, 0.25) is 10.0 Å². The Morgan fingerprint density at radius 2 is 1.92 bits per heavy atom. The minimum atomic E-state index is -3.60. The smallest absolute Gasteiger partial charge is 0.264 e. The van der Waals surface area contributed by atoms with E-state index in [4.69, 9.17) is 0 Å². The second-order valence-electron chi connectivity index (χ2n) is 5.27. The van der Waals surface area contributed by atoms with Gasteiger partial charge in [0.1, 0.15) is 4.21 Å². The second-order valence-corrected chi connectivity index (χ2v) is 8.18. The van der Waals surface area contributed by atoms with E-state index >= 15 is 0 Å². The summed E-state index contributed by atoms with van der Waals surface area (Å²) in [6.45, 7) is 2.21. The summed E-state index contributed by atoms with van der Waals surface area (Å²) in [7, 11) is -3.60. The summed E-state index contributed by atoms with van der Waals surface area (Å²) in [4.78, 5) is 11.0. The quantitative estimate of drug-likeness (QED) is 0.729. The number of H-pyrrole nitrogens is 1. The van der Waals surface area contributed by atoms with Crippen molar-refractivity contribution in [3.05, 3.63) is 69.3 Å². The van der Waals surface area contributed by atoms with Gasteiger partial charge in [-0.2, -0.15) is 5.10 Å². The van der Waals surface area contributed by atoms with Gasteiger partial charge in [-0.3, -0.25) is 4.79 Å². The maximum Gasteiger partial charge on any atom is 0.264 e. The number of benzene rings is 1. The summed E-state index contributed by atoms with van der Waals surface area (Å²) in [5.41, 5.74) is 2.88. The average Bonchev–Trinajstić information content (AvgIpc) is 3.06. The van der Waals surface area contributed by atoms with Crippen molar-refractivity contribution in [3.63, 3.8) is 0 Å². The normalized spacial score (nSPS) is 11.5. The van der Waals surface area contributed by atoms with Crippen LogP contribution in [0, 0.1) is 6.92 Å². The maximum atomic E-state index is 12.4. The van der Waals surface area contributed by atoms with E-state index in [2.05, 4.69) is 14.9 Å². The van der Waals surface area contributed by atoms with Crippen LogP contribution in [-0.4, -0.2) is 18.6 Å². The van der Waals surface area contributed by atoms with Gasteiger partial charge in [-0.05, 0) is 24.6 Å². The van der Waals surface area contributed by atoms with E-state index in [-0.39, 0.29) is 16.3 Å². The van der Waals surface area contributed by atoms with Gasteiger partial charge in [-0.1, -0.05) is 29.8 Å². The van der Waals surface area contributed by atoms with E-state index < -0.39 is 10.0 Å². The highest BCUT2D eigenvalue weighted by Crippen LogP contribution is 2.26. The van der Waals surface area contributed by atoms with Gasteiger partial charge in [0.25, 0.3) is 5.56 Å². The minimum absolute atomic E-state index is 0.206. The molecule has 1 aromatic carbocycles. The lowest BCUT2D eigenvalue weighted by atomic mass is 10.2. The van der Waals surface area contributed by atoms with Gasteiger partial charge < -0.3 is 0 Å². The number of hydrogen-bond acceptors (Lipinski definition) is 5. The SMILES string of the molecule is Cc1ccc(CNS(=O)(=O)c2cc(-c3ccc(=O)[nH]n3)cs2)cc1. The highest BCUT2D eigenvalue weighted by atomic mass is 32.2. The fraction of sp³-hybridized carbons (Fsp3) is 0.125. The standard InChI is InChI=1S/C16H15N3O3S2/c1-11-2-4-12(5-3-11)9-17-24(21,22)16-8-13(10-23-16)14-6-7-15(20)19-18-14/h2-8,10,17H,9H2,1H3,(H,19,20). The number of aromatic amines is 1. The molecule has 0 aliphatic heterocycles. The lowest BCUT2D eigenvalue weighted by Gasteiger charge is -2.05. The number of sulfonamides is 1. The second kappa shape index (κ2) is 6.68. The highest BCUT2D eigenvalue weighted by Gasteiger charge is 2.17. The molecule has 0 bridgehead atoms. The molecule has 6 nitrogen and oxygen atoms in total. The zero-order chi connectivity index (χ0) is 17.2. The summed E-state index contributed by atoms with van der Waals surface area (Å²) in [6.07, 6.45) is 0. The molecule has 24 heavy (non-hydrogen) atoms. The third kappa shape index (κ3) is 3.78. The van der Waals surface area contributed by atoms with E-state index in [9.17, 15) is 13.2 Å². The van der Waals surface area contributed by atoms with Crippen molar-refractivity contribution in [2.75, 3.05) is 0 Å². The molecule has 0 saturated heterocycles. The lowest BCUT2D eigenvalue weighted by molar-refractivity contribution is 0.583. The first kappa shape index (κ1) is 16.6. The molecule has 0 fully saturated rings. The average molecular weight is 361 g/mol. The van der Waals surface area contributed by atoms with Gasteiger partial charge >= 0.3 is 0 Å². The molecule has 0 saturated carbocycles. The molecule has 124 valence electrons. The Bertz CT molecular complexity index is 985. The molecule has 0 unspecified atom stereocenters. The van der Waals surface area contributed by atoms with E-state index in [1.165, 1.54) is 6.07 Å². The number of nitrogens with zero attached hydrogens (tertiary/aromatic N) is 1. The Hall–Kier alpha value is -2.29. The monoisotopic (exact) mass is 361 g/mol. The Morgan fingerprint density at radius 1 is 1.17 bits per heavy atom. The molecular formula is C16H15N3O3S2. The van der Waals surface area contributed by atoms with Crippen LogP contribution in [0.5, 0.6) is 0 Å². The lowest BCUT2D eigenvalue weighted by Crippen LogP contribution is -2.22. The van der Waals surface area contributed by atoms with Crippen LogP contribution in [0.15, 0.2) is 56.8 Å². The third-order valence-corrected chi connectivity index (χ3v) is 6.24. The van der Waals surface area contributed by atoms with Crippen LogP contribution in [0.3, 0.4) is 0 Å². The zero-order valence-electron chi connectivity index (χ0n) is 12.8. The van der Waals surface area contributed by atoms with Crippen LogP contribution >= 0.6 is 11.3 Å². The number of nitrogens with one attached hydrogen (secondary N) is 2. The van der Waals surface area contributed by atoms with Crippen LogP contribution in [0.4, 0.5) is 0 Å². The molecule has 0 aliphatic carbocycles. The van der Waals surface area contributed by atoms with Gasteiger partial charge in [0.05, 0.1) is 5.69 Å². The summed E-state index contributed by atoms with van der Waals surface area (Å²) >= 11 is 1.11. The van der Waals surface area contributed by atoms with Crippen LogP contribution in [-0.2, 0) is 16.6 Å². The Morgan fingerprint density at radius 3 is 2.58 bits per heavy atom. The van der Waals surface area contributed by atoms with Crippen molar-refractivity contribution in [2.24, 2.45) is 0 Å². The third-order valence-electron chi connectivity index (χ3n) is 3.40. The molecule has 0 amide bonds. The maximum absolute atomic E-state index is 12.4. The Labute approximate surface area is 143 Å². The number of aromatic nitrogens is 2. The summed E-state index contributed by atoms with van der Waals surface area (Å²) in [5, 5.41) is 7.93. The largest absolute Gasteiger partial charge is 0.268 e. The topological polar surface area (TPSA) is 91.9 Å². The Kier molecular flexibility index (Phi) is 4.61. The predicted octanol–water partition coefficient (Wildman–Crippen LogP) is 2.29. The summed E-state index contributed by atoms with van der Waals surface area (Å²) in [6, 6.07) is 12.1. The van der Waals surface area contributed by atoms with Gasteiger partial charge in [-0.15, -0.1) is 11.3 Å². The molecular weight excluding hydrogens is 346 g/mol. The predicted molar refractivity (Wildman–Crippen MR) is 93.4 cm³/mol. The van der Waals surface area contributed by atoms with E-state index in [1.54, 1.807) is 17.5 Å². The van der Waals surface area contributed by atoms with Crippen molar-refractivity contribution in [1.82, 2.24) is 14.9 Å². The van der Waals surface area contributed by atoms with Gasteiger partial charge in [-0.25, -0.2) is 18.2 Å². The molecule has 2 N–H and O–H groups in total. The van der Waals surface area contributed by atoms with Gasteiger partial charge in [0.15, 0.2) is 0 Å². The first-order chi connectivity index (χ1) is 11.4. The molecule has 3 rings (SSSR count). The summed E-state index contributed by atoms with van der Waals surface area (Å²) in [5.74, 6) is 0. The van der Waals surface area contributed by atoms with Crippen LogP contribution in [0.1, 0.15) is 11.1 Å². The minimum Gasteiger partial charge on any atom is -0.268 e. The number of rotatable bonds is 5. The molecule has 2 heterocycles. The molecule has 0 atom stereocenters. The molecule has 0 aliphatic rings. The molecule has 8 heteroatoms. The van der Waals surface area contributed by atoms with Crippen LogP contribution < -0.4 is 10.3 Å². The van der Waals surface area contributed by atoms with Crippen molar-refractivity contribution < 1.29 is 8.42 Å².